The summed E-state index contributed by atoms with van der Waals surface area (Å²) in [5.41, 5.74) is 1.16. The summed E-state index contributed by atoms with van der Waals surface area (Å²) in [6.45, 7) is 0.498. The van der Waals surface area contributed by atoms with Gasteiger partial charge in [-0.3, -0.25) is 4.79 Å². The Kier molecular flexibility index (Phi) is 3.21. The monoisotopic (exact) mass is 240 g/mol. The van der Waals surface area contributed by atoms with E-state index >= 15 is 0 Å². The number of anilines is 1. The highest BCUT2D eigenvalue weighted by atomic mass is 16.5. The Bertz CT molecular complexity index is 566. The minimum atomic E-state index is -0.0575. The van der Waals surface area contributed by atoms with Crippen molar-refractivity contribution in [3.8, 4) is 24.2 Å². The number of methoxy groups -OCH3 is 1. The van der Waals surface area contributed by atoms with Crippen molar-refractivity contribution in [3.05, 3.63) is 23.8 Å². The summed E-state index contributed by atoms with van der Waals surface area (Å²) in [4.78, 5) is 13.5. The molecule has 1 unspecified atom stereocenters. The summed E-state index contributed by atoms with van der Waals surface area (Å²) in [6, 6.07) is 7.03. The number of hydrogen-bond donors (Lipinski definition) is 0. The summed E-state index contributed by atoms with van der Waals surface area (Å²) in [6.07, 6.45) is 5.71. The first-order valence-corrected chi connectivity index (χ1v) is 5.54. The van der Waals surface area contributed by atoms with Gasteiger partial charge in [-0.1, -0.05) is 0 Å². The molecular weight excluding hydrogens is 228 g/mol. The maximum atomic E-state index is 11.9. The molecule has 4 heteroatoms. The predicted octanol–water partition coefficient (Wildman–Crippen LogP) is 1.55. The minimum absolute atomic E-state index is 0.0130. The standard InChI is InChI=1S/C14H12N2O2/c1-3-10-7-14(17)16(9-10)12-5-4-11(8-15)6-13(12)18-2/h1,4-6,10H,7,9H2,2H3. The van der Waals surface area contributed by atoms with Gasteiger partial charge in [-0.2, -0.15) is 5.26 Å². The fraction of sp³-hybridized carbons (Fsp3) is 0.286. The number of nitrogens with zero attached hydrogens (tertiary/aromatic N) is 2. The van der Waals surface area contributed by atoms with E-state index in [1.165, 1.54) is 7.11 Å². The number of terminal acetylenes is 1. The Morgan fingerprint density at radius 1 is 1.56 bits per heavy atom. The Balaban J connectivity index is 2.38. The molecule has 1 fully saturated rings. The van der Waals surface area contributed by atoms with E-state index < -0.39 is 0 Å². The zero-order valence-corrected chi connectivity index (χ0v) is 10.0. The molecule has 0 aromatic heterocycles. The molecule has 90 valence electrons. The topological polar surface area (TPSA) is 53.3 Å². The summed E-state index contributed by atoms with van der Waals surface area (Å²) in [5.74, 6) is 3.04. The molecule has 1 aromatic rings. The lowest BCUT2D eigenvalue weighted by molar-refractivity contribution is -0.117. The number of carbonyl (C=O) groups is 1. The molecule has 1 aliphatic heterocycles. The van der Waals surface area contributed by atoms with Crippen molar-refractivity contribution in [2.45, 2.75) is 6.42 Å². The van der Waals surface area contributed by atoms with Gasteiger partial charge in [0.2, 0.25) is 5.91 Å². The number of benzene rings is 1. The van der Waals surface area contributed by atoms with Crippen LogP contribution in [0.5, 0.6) is 5.75 Å². The predicted molar refractivity (Wildman–Crippen MR) is 67.0 cm³/mol. The van der Waals surface area contributed by atoms with Crippen molar-refractivity contribution in [1.29, 1.82) is 5.26 Å². The fourth-order valence-corrected chi connectivity index (χ4v) is 2.02. The molecule has 0 N–H and O–H groups in total. The highest BCUT2D eigenvalue weighted by Crippen LogP contribution is 2.33. The average molecular weight is 240 g/mol. The average Bonchev–Trinajstić information content (AvgIpc) is 2.79. The molecule has 1 heterocycles. The molecule has 0 aliphatic carbocycles. The van der Waals surface area contributed by atoms with Gasteiger partial charge >= 0.3 is 0 Å². The fourth-order valence-electron chi connectivity index (χ4n) is 2.02. The molecule has 0 bridgehead atoms. The van der Waals surface area contributed by atoms with Gasteiger partial charge < -0.3 is 9.64 Å². The normalized spacial score (nSPS) is 18.3. The molecule has 1 aliphatic rings. The molecule has 1 saturated heterocycles. The highest BCUT2D eigenvalue weighted by Gasteiger charge is 2.31. The van der Waals surface area contributed by atoms with Crippen LogP contribution in [-0.2, 0) is 4.79 Å². The van der Waals surface area contributed by atoms with E-state index in [4.69, 9.17) is 16.4 Å². The van der Waals surface area contributed by atoms with Crippen LogP contribution in [0.4, 0.5) is 5.69 Å². The van der Waals surface area contributed by atoms with Crippen LogP contribution in [0.15, 0.2) is 18.2 Å². The third kappa shape index (κ3) is 2.01. The van der Waals surface area contributed by atoms with E-state index in [0.717, 1.165) is 0 Å². The van der Waals surface area contributed by atoms with Crippen LogP contribution in [0.3, 0.4) is 0 Å². The van der Waals surface area contributed by atoms with Crippen LogP contribution in [0.2, 0.25) is 0 Å². The molecular formula is C14H12N2O2. The van der Waals surface area contributed by atoms with Gasteiger partial charge in [-0.05, 0) is 12.1 Å². The van der Waals surface area contributed by atoms with E-state index in [9.17, 15) is 4.79 Å². The Hall–Kier alpha value is -2.46. The Morgan fingerprint density at radius 3 is 2.89 bits per heavy atom. The van der Waals surface area contributed by atoms with Crippen LogP contribution >= 0.6 is 0 Å². The smallest absolute Gasteiger partial charge is 0.228 e. The Labute approximate surface area is 106 Å². The quantitative estimate of drug-likeness (QED) is 0.737. The lowest BCUT2D eigenvalue weighted by atomic mass is 10.1. The molecule has 1 atom stereocenters. The van der Waals surface area contributed by atoms with Gasteiger partial charge in [-0.25, -0.2) is 0 Å². The zero-order chi connectivity index (χ0) is 13.1. The molecule has 2 rings (SSSR count). The number of carbonyl (C=O) groups excluding carboxylic acids is 1. The zero-order valence-electron chi connectivity index (χ0n) is 10.0. The third-order valence-electron chi connectivity index (χ3n) is 2.96. The van der Waals surface area contributed by atoms with Crippen molar-refractivity contribution in [2.75, 3.05) is 18.6 Å². The minimum Gasteiger partial charge on any atom is -0.495 e. The Morgan fingerprint density at radius 2 is 2.33 bits per heavy atom. The third-order valence-corrected chi connectivity index (χ3v) is 2.96. The first-order valence-electron chi connectivity index (χ1n) is 5.54. The van der Waals surface area contributed by atoms with E-state index in [2.05, 4.69) is 5.92 Å². The molecule has 0 spiro atoms. The first-order chi connectivity index (χ1) is 8.69. The van der Waals surface area contributed by atoms with Gasteiger partial charge in [0, 0.05) is 24.9 Å². The second kappa shape index (κ2) is 4.81. The molecule has 1 aromatic carbocycles. The first kappa shape index (κ1) is 12.0. The van der Waals surface area contributed by atoms with Crippen molar-refractivity contribution >= 4 is 11.6 Å². The number of nitriles is 1. The molecule has 0 radical (unpaired) electrons. The lowest BCUT2D eigenvalue weighted by Crippen LogP contribution is -2.24. The van der Waals surface area contributed by atoms with Crippen LogP contribution in [0.1, 0.15) is 12.0 Å². The van der Waals surface area contributed by atoms with Gasteiger partial charge in [0.15, 0.2) is 0 Å². The SMILES string of the molecule is C#CC1CC(=O)N(c2ccc(C#N)cc2OC)C1. The van der Waals surface area contributed by atoms with Gasteiger partial charge in [0.05, 0.1) is 24.4 Å². The van der Waals surface area contributed by atoms with Gasteiger partial charge in [0.1, 0.15) is 5.75 Å². The molecule has 18 heavy (non-hydrogen) atoms. The highest BCUT2D eigenvalue weighted by molar-refractivity contribution is 5.97. The second-order valence-corrected chi connectivity index (χ2v) is 4.07. The van der Waals surface area contributed by atoms with Gasteiger partial charge in [0.25, 0.3) is 0 Å². The van der Waals surface area contributed by atoms with Crippen molar-refractivity contribution in [3.63, 3.8) is 0 Å². The summed E-state index contributed by atoms with van der Waals surface area (Å²) >= 11 is 0. The largest absolute Gasteiger partial charge is 0.495 e. The second-order valence-electron chi connectivity index (χ2n) is 4.07. The number of hydrogen-bond acceptors (Lipinski definition) is 3. The summed E-state index contributed by atoms with van der Waals surface area (Å²) in [7, 11) is 1.51. The maximum Gasteiger partial charge on any atom is 0.228 e. The van der Waals surface area contributed by atoms with E-state index in [-0.39, 0.29) is 11.8 Å². The summed E-state index contributed by atoms with van der Waals surface area (Å²) in [5, 5.41) is 8.83. The van der Waals surface area contributed by atoms with Crippen LogP contribution < -0.4 is 9.64 Å². The van der Waals surface area contributed by atoms with E-state index in [1.54, 1.807) is 23.1 Å². The molecule has 0 saturated carbocycles. The number of rotatable bonds is 2. The van der Waals surface area contributed by atoms with Crippen LogP contribution in [0.25, 0.3) is 0 Å². The van der Waals surface area contributed by atoms with Crippen molar-refractivity contribution in [1.82, 2.24) is 0 Å². The van der Waals surface area contributed by atoms with Gasteiger partial charge in [-0.15, -0.1) is 12.3 Å². The maximum absolute atomic E-state index is 11.9. The van der Waals surface area contributed by atoms with E-state index in [1.807, 2.05) is 6.07 Å². The number of ether oxygens (including phenoxy) is 1. The summed E-state index contributed by atoms with van der Waals surface area (Å²) < 4.78 is 5.22. The van der Waals surface area contributed by atoms with Crippen LogP contribution in [0, 0.1) is 29.6 Å². The molecule has 4 nitrogen and oxygen atoms in total. The number of amides is 1. The van der Waals surface area contributed by atoms with E-state index in [0.29, 0.717) is 30.0 Å². The van der Waals surface area contributed by atoms with Crippen molar-refractivity contribution < 1.29 is 9.53 Å². The molecule has 1 amide bonds. The lowest BCUT2D eigenvalue weighted by Gasteiger charge is -2.19. The van der Waals surface area contributed by atoms with Crippen LogP contribution in [-0.4, -0.2) is 19.6 Å². The van der Waals surface area contributed by atoms with Crippen molar-refractivity contribution in [2.24, 2.45) is 5.92 Å².